The molecule has 0 aromatic carbocycles. The number of halogens is 1. The SMILES string of the molecule is Clc1cncc(N2CCOCC2)n1. The molecule has 70 valence electrons. The van der Waals surface area contributed by atoms with Crippen LogP contribution in [0.3, 0.4) is 0 Å². The zero-order valence-corrected chi connectivity index (χ0v) is 7.87. The summed E-state index contributed by atoms with van der Waals surface area (Å²) in [7, 11) is 0. The summed E-state index contributed by atoms with van der Waals surface area (Å²) in [4.78, 5) is 10.3. The van der Waals surface area contributed by atoms with Gasteiger partial charge in [-0.1, -0.05) is 11.6 Å². The van der Waals surface area contributed by atoms with Gasteiger partial charge in [0.2, 0.25) is 0 Å². The van der Waals surface area contributed by atoms with E-state index in [0.29, 0.717) is 5.15 Å². The van der Waals surface area contributed by atoms with E-state index in [1.54, 1.807) is 6.20 Å². The van der Waals surface area contributed by atoms with Gasteiger partial charge in [0.15, 0.2) is 0 Å². The number of morpholine rings is 1. The largest absolute Gasteiger partial charge is 0.378 e. The van der Waals surface area contributed by atoms with Crippen LogP contribution in [0.1, 0.15) is 0 Å². The maximum atomic E-state index is 5.73. The Morgan fingerprint density at radius 1 is 1.31 bits per heavy atom. The Morgan fingerprint density at radius 2 is 2.08 bits per heavy atom. The van der Waals surface area contributed by atoms with Crippen molar-refractivity contribution in [2.45, 2.75) is 0 Å². The van der Waals surface area contributed by atoms with Gasteiger partial charge in [0.25, 0.3) is 0 Å². The lowest BCUT2D eigenvalue weighted by atomic mass is 10.4. The molecular weight excluding hydrogens is 190 g/mol. The maximum absolute atomic E-state index is 5.73. The van der Waals surface area contributed by atoms with Crippen molar-refractivity contribution < 1.29 is 4.74 Å². The average molecular weight is 200 g/mol. The lowest BCUT2D eigenvalue weighted by molar-refractivity contribution is 0.122. The fraction of sp³-hybridized carbons (Fsp3) is 0.500. The van der Waals surface area contributed by atoms with Gasteiger partial charge in [0.1, 0.15) is 11.0 Å². The van der Waals surface area contributed by atoms with E-state index in [-0.39, 0.29) is 0 Å². The summed E-state index contributed by atoms with van der Waals surface area (Å²) in [5.41, 5.74) is 0. The van der Waals surface area contributed by atoms with E-state index in [4.69, 9.17) is 16.3 Å². The quantitative estimate of drug-likeness (QED) is 0.676. The van der Waals surface area contributed by atoms with Crippen LogP contribution >= 0.6 is 11.6 Å². The molecule has 1 saturated heterocycles. The third kappa shape index (κ3) is 2.08. The molecule has 0 unspecified atom stereocenters. The molecule has 1 aromatic heterocycles. The summed E-state index contributed by atoms with van der Waals surface area (Å²) in [5.74, 6) is 0.829. The Morgan fingerprint density at radius 3 is 2.77 bits per heavy atom. The van der Waals surface area contributed by atoms with E-state index in [1.165, 1.54) is 6.20 Å². The van der Waals surface area contributed by atoms with Crippen molar-refractivity contribution in [2.24, 2.45) is 0 Å². The van der Waals surface area contributed by atoms with Crippen molar-refractivity contribution in [3.05, 3.63) is 17.5 Å². The first-order valence-electron chi connectivity index (χ1n) is 4.16. The Balaban J connectivity index is 2.14. The van der Waals surface area contributed by atoms with Crippen LogP contribution in [-0.2, 0) is 4.74 Å². The van der Waals surface area contributed by atoms with E-state index in [9.17, 15) is 0 Å². The first kappa shape index (κ1) is 8.72. The van der Waals surface area contributed by atoms with Gasteiger partial charge >= 0.3 is 0 Å². The third-order valence-electron chi connectivity index (χ3n) is 1.93. The molecule has 1 aliphatic heterocycles. The monoisotopic (exact) mass is 199 g/mol. The molecule has 0 spiro atoms. The molecule has 0 atom stereocenters. The van der Waals surface area contributed by atoms with Crippen molar-refractivity contribution in [2.75, 3.05) is 31.2 Å². The first-order valence-corrected chi connectivity index (χ1v) is 4.54. The number of hydrogen-bond acceptors (Lipinski definition) is 4. The third-order valence-corrected chi connectivity index (χ3v) is 2.11. The number of nitrogens with zero attached hydrogens (tertiary/aromatic N) is 3. The number of rotatable bonds is 1. The van der Waals surface area contributed by atoms with Crippen molar-refractivity contribution >= 4 is 17.4 Å². The number of aromatic nitrogens is 2. The average Bonchev–Trinajstić information content (AvgIpc) is 2.19. The van der Waals surface area contributed by atoms with Gasteiger partial charge in [-0.3, -0.25) is 4.98 Å². The summed E-state index contributed by atoms with van der Waals surface area (Å²) in [6.45, 7) is 3.20. The summed E-state index contributed by atoms with van der Waals surface area (Å²) >= 11 is 5.73. The molecule has 0 aliphatic carbocycles. The molecule has 0 radical (unpaired) electrons. The number of ether oxygens (including phenoxy) is 1. The molecule has 5 heteroatoms. The molecule has 0 N–H and O–H groups in total. The summed E-state index contributed by atoms with van der Waals surface area (Å²) in [5, 5.41) is 0.434. The number of anilines is 1. The summed E-state index contributed by atoms with van der Waals surface area (Å²) in [6, 6.07) is 0. The molecule has 4 nitrogen and oxygen atoms in total. The minimum absolute atomic E-state index is 0.434. The van der Waals surface area contributed by atoms with E-state index in [0.717, 1.165) is 32.1 Å². The van der Waals surface area contributed by atoms with Crippen LogP contribution in [0.5, 0.6) is 0 Å². The highest BCUT2D eigenvalue weighted by atomic mass is 35.5. The van der Waals surface area contributed by atoms with Crippen LogP contribution in [0, 0.1) is 0 Å². The Hall–Kier alpha value is -0.870. The van der Waals surface area contributed by atoms with Gasteiger partial charge in [0, 0.05) is 13.1 Å². The van der Waals surface area contributed by atoms with Gasteiger partial charge < -0.3 is 9.64 Å². The topological polar surface area (TPSA) is 38.2 Å². The zero-order valence-electron chi connectivity index (χ0n) is 7.11. The van der Waals surface area contributed by atoms with Crippen LogP contribution in [0.25, 0.3) is 0 Å². The molecule has 0 amide bonds. The second-order valence-electron chi connectivity index (χ2n) is 2.80. The second-order valence-corrected chi connectivity index (χ2v) is 3.19. The minimum atomic E-state index is 0.434. The summed E-state index contributed by atoms with van der Waals surface area (Å²) in [6.07, 6.45) is 3.25. The maximum Gasteiger partial charge on any atom is 0.149 e. The summed E-state index contributed by atoms with van der Waals surface area (Å²) < 4.78 is 5.23. The van der Waals surface area contributed by atoms with Gasteiger partial charge in [-0.05, 0) is 0 Å². The van der Waals surface area contributed by atoms with Gasteiger partial charge in [-0.2, -0.15) is 0 Å². The van der Waals surface area contributed by atoms with Crippen molar-refractivity contribution in [3.63, 3.8) is 0 Å². The highest BCUT2D eigenvalue weighted by Gasteiger charge is 2.12. The minimum Gasteiger partial charge on any atom is -0.378 e. The predicted molar refractivity (Wildman–Crippen MR) is 50.1 cm³/mol. The highest BCUT2D eigenvalue weighted by molar-refractivity contribution is 6.29. The smallest absolute Gasteiger partial charge is 0.149 e. The Bertz CT molecular complexity index is 288. The Labute approximate surface area is 81.5 Å². The lowest BCUT2D eigenvalue weighted by Gasteiger charge is -2.27. The molecule has 2 rings (SSSR count). The molecule has 13 heavy (non-hydrogen) atoms. The van der Waals surface area contributed by atoms with Crippen molar-refractivity contribution in [1.29, 1.82) is 0 Å². The normalized spacial score (nSPS) is 17.5. The van der Waals surface area contributed by atoms with Crippen LogP contribution in [0.2, 0.25) is 5.15 Å². The first-order chi connectivity index (χ1) is 6.36. The predicted octanol–water partition coefficient (Wildman–Crippen LogP) is 0.967. The standard InChI is InChI=1S/C8H10ClN3O/c9-7-5-10-6-8(11-7)12-1-3-13-4-2-12/h5-6H,1-4H2. The van der Waals surface area contributed by atoms with Crippen LogP contribution in [0.15, 0.2) is 12.4 Å². The second kappa shape index (κ2) is 3.89. The van der Waals surface area contributed by atoms with E-state index >= 15 is 0 Å². The van der Waals surface area contributed by atoms with Crippen LogP contribution in [0.4, 0.5) is 5.82 Å². The molecular formula is C8H10ClN3O. The number of hydrogen-bond donors (Lipinski definition) is 0. The van der Waals surface area contributed by atoms with Crippen LogP contribution in [-0.4, -0.2) is 36.3 Å². The van der Waals surface area contributed by atoms with E-state index in [1.807, 2.05) is 0 Å². The van der Waals surface area contributed by atoms with Crippen LogP contribution < -0.4 is 4.90 Å². The molecule has 0 saturated carbocycles. The van der Waals surface area contributed by atoms with E-state index < -0.39 is 0 Å². The Kier molecular flexibility index (Phi) is 2.61. The van der Waals surface area contributed by atoms with Gasteiger partial charge in [-0.15, -0.1) is 0 Å². The highest BCUT2D eigenvalue weighted by Crippen LogP contribution is 2.13. The fourth-order valence-corrected chi connectivity index (χ4v) is 1.42. The fourth-order valence-electron chi connectivity index (χ4n) is 1.28. The zero-order chi connectivity index (χ0) is 9.10. The van der Waals surface area contributed by atoms with Gasteiger partial charge in [-0.25, -0.2) is 4.98 Å². The molecule has 1 aromatic rings. The van der Waals surface area contributed by atoms with Gasteiger partial charge in [0.05, 0.1) is 25.6 Å². The lowest BCUT2D eigenvalue weighted by Crippen LogP contribution is -2.36. The van der Waals surface area contributed by atoms with E-state index in [2.05, 4.69) is 14.9 Å². The van der Waals surface area contributed by atoms with Crippen molar-refractivity contribution in [3.8, 4) is 0 Å². The molecule has 2 heterocycles. The molecule has 0 bridgehead atoms. The molecule has 1 fully saturated rings. The van der Waals surface area contributed by atoms with Crippen molar-refractivity contribution in [1.82, 2.24) is 9.97 Å². The molecule has 1 aliphatic rings.